The molecule has 1 atom stereocenters. The number of nitrogens with zero attached hydrogens (tertiary/aromatic N) is 1. The van der Waals surface area contributed by atoms with Gasteiger partial charge in [-0.2, -0.15) is 13.2 Å². The van der Waals surface area contributed by atoms with Gasteiger partial charge in [0, 0.05) is 46.9 Å². The van der Waals surface area contributed by atoms with Crippen molar-refractivity contribution in [1.82, 2.24) is 9.88 Å². The Bertz CT molecular complexity index is 1070. The quantitative estimate of drug-likeness (QED) is 0.474. The number of benzene rings is 2. The Morgan fingerprint density at radius 2 is 1.97 bits per heavy atom. The normalized spacial score (nSPS) is 17.3. The second-order valence-electron chi connectivity index (χ2n) is 7.31. The van der Waals surface area contributed by atoms with Crippen LogP contribution in [0.2, 0.25) is 10.0 Å². The van der Waals surface area contributed by atoms with Gasteiger partial charge in [0.05, 0.1) is 23.2 Å². The summed E-state index contributed by atoms with van der Waals surface area (Å²) in [7, 11) is 0. The fourth-order valence-electron chi connectivity index (χ4n) is 4.06. The van der Waals surface area contributed by atoms with Crippen LogP contribution in [0.5, 0.6) is 0 Å². The molecule has 30 heavy (non-hydrogen) atoms. The van der Waals surface area contributed by atoms with E-state index in [-0.39, 0.29) is 17.7 Å². The number of aliphatic hydroxyl groups excluding tert-OH is 1. The van der Waals surface area contributed by atoms with Gasteiger partial charge in [-0.1, -0.05) is 23.2 Å². The maximum atomic E-state index is 13.0. The molecule has 3 N–H and O–H groups in total. The third kappa shape index (κ3) is 4.12. The van der Waals surface area contributed by atoms with Crippen molar-refractivity contribution >= 4 is 39.8 Å². The molecule has 2 aromatic carbocycles. The highest BCUT2D eigenvalue weighted by molar-refractivity contribution is 6.31. The fourth-order valence-corrected chi connectivity index (χ4v) is 4.46. The van der Waals surface area contributed by atoms with Crippen LogP contribution in [-0.2, 0) is 12.6 Å². The first-order valence-corrected chi connectivity index (χ1v) is 10.3. The lowest BCUT2D eigenvalue weighted by molar-refractivity contribution is -0.137. The van der Waals surface area contributed by atoms with Crippen LogP contribution in [0, 0.1) is 0 Å². The van der Waals surface area contributed by atoms with E-state index >= 15 is 0 Å². The number of halogens is 5. The minimum absolute atomic E-state index is 0.0628. The number of fused-ring (bicyclic) bond motifs is 3. The van der Waals surface area contributed by atoms with Crippen molar-refractivity contribution in [3.05, 3.63) is 63.3 Å². The zero-order valence-corrected chi connectivity index (χ0v) is 17.4. The molecule has 1 unspecified atom stereocenters. The molecule has 4 nitrogen and oxygen atoms in total. The van der Waals surface area contributed by atoms with Gasteiger partial charge < -0.3 is 15.4 Å². The summed E-state index contributed by atoms with van der Waals surface area (Å²) in [5, 5.41) is 14.4. The smallest absolute Gasteiger partial charge is 0.394 e. The van der Waals surface area contributed by atoms with Crippen molar-refractivity contribution < 1.29 is 18.3 Å². The average Bonchev–Trinajstić information content (AvgIpc) is 3.06. The zero-order chi connectivity index (χ0) is 21.5. The van der Waals surface area contributed by atoms with Gasteiger partial charge >= 0.3 is 6.18 Å². The number of hydrogen-bond donors (Lipinski definition) is 3. The summed E-state index contributed by atoms with van der Waals surface area (Å²) in [6.07, 6.45) is -3.70. The molecule has 4 rings (SSSR count). The van der Waals surface area contributed by atoms with Gasteiger partial charge in [0.15, 0.2) is 0 Å². The highest BCUT2D eigenvalue weighted by Crippen LogP contribution is 2.37. The molecule has 0 radical (unpaired) electrons. The van der Waals surface area contributed by atoms with E-state index in [9.17, 15) is 18.3 Å². The Balaban J connectivity index is 1.47. The number of anilines is 1. The zero-order valence-electron chi connectivity index (χ0n) is 15.9. The van der Waals surface area contributed by atoms with Crippen LogP contribution in [0.1, 0.15) is 22.9 Å². The molecule has 0 saturated heterocycles. The Hall–Kier alpha value is -1.93. The van der Waals surface area contributed by atoms with Crippen LogP contribution in [0.4, 0.5) is 18.9 Å². The summed E-state index contributed by atoms with van der Waals surface area (Å²) in [4.78, 5) is 5.51. The highest BCUT2D eigenvalue weighted by atomic mass is 35.5. The molecule has 1 aromatic heterocycles. The minimum Gasteiger partial charge on any atom is -0.394 e. The number of hydrogen-bond acceptors (Lipinski definition) is 3. The summed E-state index contributed by atoms with van der Waals surface area (Å²) < 4.78 is 39.1. The molecule has 0 spiro atoms. The number of aromatic nitrogens is 1. The molecular weight excluding hydrogens is 438 g/mol. The molecule has 0 fully saturated rings. The highest BCUT2D eigenvalue weighted by Gasteiger charge is 2.33. The lowest BCUT2D eigenvalue weighted by Gasteiger charge is -2.34. The van der Waals surface area contributed by atoms with E-state index in [0.717, 1.165) is 41.2 Å². The molecule has 2 heterocycles. The van der Waals surface area contributed by atoms with Crippen molar-refractivity contribution in [2.75, 3.05) is 31.6 Å². The molecule has 0 aliphatic carbocycles. The number of alkyl halides is 3. The summed E-state index contributed by atoms with van der Waals surface area (Å²) in [6.45, 7) is 1.65. The lowest BCUT2D eigenvalue weighted by Crippen LogP contribution is -2.40. The third-order valence-electron chi connectivity index (χ3n) is 5.50. The topological polar surface area (TPSA) is 51.3 Å². The second kappa shape index (κ2) is 8.30. The summed E-state index contributed by atoms with van der Waals surface area (Å²) in [6, 6.07) is 9.25. The monoisotopic (exact) mass is 457 g/mol. The molecule has 160 valence electrons. The molecule has 1 aliphatic rings. The molecular formula is C21H20Cl2F3N3O. The fraction of sp³-hybridized carbons (Fsp3) is 0.333. The second-order valence-corrected chi connectivity index (χ2v) is 8.15. The van der Waals surface area contributed by atoms with E-state index in [2.05, 4.69) is 15.2 Å². The van der Waals surface area contributed by atoms with Crippen molar-refractivity contribution in [3.8, 4) is 0 Å². The lowest BCUT2D eigenvalue weighted by atomic mass is 9.97. The number of aromatic amines is 1. The summed E-state index contributed by atoms with van der Waals surface area (Å²) in [5.74, 6) is 0. The summed E-state index contributed by atoms with van der Waals surface area (Å²) in [5.41, 5.74) is 2.59. The SMILES string of the molecule is OCC1c2[nH]c3ccc(Cl)cc3c2CCN1CCNc1ccc(Cl)c(C(F)(F)F)c1. The maximum Gasteiger partial charge on any atom is 0.417 e. The first-order chi connectivity index (χ1) is 14.3. The molecule has 9 heteroatoms. The van der Waals surface area contributed by atoms with Gasteiger partial charge in [-0.15, -0.1) is 0 Å². The predicted molar refractivity (Wildman–Crippen MR) is 113 cm³/mol. The van der Waals surface area contributed by atoms with Gasteiger partial charge in [0.2, 0.25) is 0 Å². The Morgan fingerprint density at radius 3 is 2.70 bits per heavy atom. The first kappa shape index (κ1) is 21.3. The maximum absolute atomic E-state index is 13.0. The molecule has 1 aliphatic heterocycles. The molecule has 0 amide bonds. The van der Waals surface area contributed by atoms with Gasteiger partial charge in [-0.25, -0.2) is 0 Å². The number of H-pyrrole nitrogens is 1. The number of rotatable bonds is 5. The van der Waals surface area contributed by atoms with E-state index in [1.807, 2.05) is 18.2 Å². The van der Waals surface area contributed by atoms with Crippen molar-refractivity contribution in [2.45, 2.75) is 18.6 Å². The van der Waals surface area contributed by atoms with Crippen molar-refractivity contribution in [3.63, 3.8) is 0 Å². The van der Waals surface area contributed by atoms with Crippen LogP contribution in [-0.4, -0.2) is 41.2 Å². The number of aliphatic hydroxyl groups is 1. The minimum atomic E-state index is -4.50. The van der Waals surface area contributed by atoms with E-state index in [1.54, 1.807) is 0 Å². The Labute approximate surface area is 181 Å². The van der Waals surface area contributed by atoms with E-state index in [0.29, 0.717) is 23.8 Å². The Morgan fingerprint density at radius 1 is 1.17 bits per heavy atom. The van der Waals surface area contributed by atoms with Gasteiger partial charge in [-0.05, 0) is 48.4 Å². The third-order valence-corrected chi connectivity index (χ3v) is 6.06. The molecule has 3 aromatic rings. The van der Waals surface area contributed by atoms with E-state index in [1.165, 1.54) is 12.1 Å². The van der Waals surface area contributed by atoms with E-state index < -0.39 is 11.7 Å². The van der Waals surface area contributed by atoms with Gasteiger partial charge in [0.1, 0.15) is 0 Å². The van der Waals surface area contributed by atoms with Crippen LogP contribution in [0.25, 0.3) is 10.9 Å². The van der Waals surface area contributed by atoms with Crippen LogP contribution < -0.4 is 5.32 Å². The largest absolute Gasteiger partial charge is 0.417 e. The predicted octanol–water partition coefficient (Wildman–Crippen LogP) is 5.50. The van der Waals surface area contributed by atoms with Crippen LogP contribution in [0.15, 0.2) is 36.4 Å². The Kier molecular flexibility index (Phi) is 5.90. The number of nitrogens with one attached hydrogen (secondary N) is 2. The first-order valence-electron chi connectivity index (χ1n) is 9.53. The summed E-state index contributed by atoms with van der Waals surface area (Å²) >= 11 is 11.8. The van der Waals surface area contributed by atoms with Crippen molar-refractivity contribution in [1.29, 1.82) is 0 Å². The van der Waals surface area contributed by atoms with Crippen LogP contribution in [0.3, 0.4) is 0 Å². The van der Waals surface area contributed by atoms with Crippen molar-refractivity contribution in [2.24, 2.45) is 0 Å². The van der Waals surface area contributed by atoms with Gasteiger partial charge in [-0.3, -0.25) is 4.90 Å². The van der Waals surface area contributed by atoms with Crippen LogP contribution >= 0.6 is 23.2 Å². The molecule has 0 bridgehead atoms. The average molecular weight is 458 g/mol. The standard InChI is InChI=1S/C21H20Cl2F3N3O/c22-12-1-4-18-15(9-12)14-5-7-29(19(11-30)20(14)28-18)8-6-27-13-2-3-17(23)16(10-13)21(24,25)26/h1-4,9-10,19,27-28,30H,5-8,11H2. The molecule has 0 saturated carbocycles. The van der Waals surface area contributed by atoms with Gasteiger partial charge in [0.25, 0.3) is 0 Å². The van der Waals surface area contributed by atoms with E-state index in [4.69, 9.17) is 23.2 Å².